The molecule has 0 amide bonds. The van der Waals surface area contributed by atoms with Gasteiger partial charge in [-0.3, -0.25) is 4.90 Å². The molecule has 0 aliphatic carbocycles. The van der Waals surface area contributed by atoms with Crippen LogP contribution < -0.4 is 5.73 Å². The van der Waals surface area contributed by atoms with Crippen LogP contribution in [0, 0.1) is 0 Å². The quantitative estimate of drug-likeness (QED) is 0.871. The minimum absolute atomic E-state index is 0.0398. The summed E-state index contributed by atoms with van der Waals surface area (Å²) in [4.78, 5) is 3.80. The zero-order valence-electron chi connectivity index (χ0n) is 12.6. The number of ether oxygens (including phenoxy) is 1. The van der Waals surface area contributed by atoms with Crippen LogP contribution in [0.3, 0.4) is 0 Å². The summed E-state index contributed by atoms with van der Waals surface area (Å²) >= 11 is 5.32. The van der Waals surface area contributed by atoms with E-state index in [1.807, 2.05) is 0 Å². The third kappa shape index (κ3) is 3.45. The number of nitrogens with zero attached hydrogens (tertiary/aromatic N) is 1. The van der Waals surface area contributed by atoms with Gasteiger partial charge in [0.15, 0.2) is 0 Å². The van der Waals surface area contributed by atoms with Crippen LogP contribution in [-0.4, -0.2) is 36.2 Å². The second kappa shape index (κ2) is 6.44. The average Bonchev–Trinajstić information content (AvgIpc) is 2.84. The van der Waals surface area contributed by atoms with Crippen LogP contribution in [-0.2, 0) is 11.3 Å². The van der Waals surface area contributed by atoms with Gasteiger partial charge in [-0.05, 0) is 55.2 Å². The molecular weight excluding hydrogens is 336 g/mol. The van der Waals surface area contributed by atoms with Crippen molar-refractivity contribution in [2.45, 2.75) is 50.8 Å². The highest BCUT2D eigenvalue weighted by Gasteiger charge is 2.44. The molecule has 2 heterocycles. The Hall–Kier alpha value is 0.0600. The molecule has 2 N–H and O–H groups in total. The van der Waals surface area contributed by atoms with Crippen LogP contribution in [0.15, 0.2) is 15.9 Å². The highest BCUT2D eigenvalue weighted by Crippen LogP contribution is 2.38. The molecule has 3 nitrogen and oxygen atoms in total. The van der Waals surface area contributed by atoms with Gasteiger partial charge >= 0.3 is 0 Å². The van der Waals surface area contributed by atoms with E-state index in [-0.39, 0.29) is 11.1 Å². The van der Waals surface area contributed by atoms with E-state index in [0.29, 0.717) is 6.54 Å². The van der Waals surface area contributed by atoms with Gasteiger partial charge in [-0.1, -0.05) is 6.92 Å². The van der Waals surface area contributed by atoms with Gasteiger partial charge in [0, 0.05) is 40.0 Å². The van der Waals surface area contributed by atoms with Crippen LogP contribution in [0.1, 0.15) is 38.0 Å². The van der Waals surface area contributed by atoms with Gasteiger partial charge in [0.05, 0.1) is 5.60 Å². The van der Waals surface area contributed by atoms with E-state index in [9.17, 15) is 0 Å². The van der Waals surface area contributed by atoms with Gasteiger partial charge in [-0.25, -0.2) is 0 Å². The van der Waals surface area contributed by atoms with E-state index in [1.54, 1.807) is 11.3 Å². The Kier molecular flexibility index (Phi) is 5.29. The lowest BCUT2D eigenvalue weighted by Crippen LogP contribution is -2.59. The van der Waals surface area contributed by atoms with Crippen molar-refractivity contribution in [1.82, 2.24) is 4.90 Å². The van der Waals surface area contributed by atoms with E-state index >= 15 is 0 Å². The highest BCUT2D eigenvalue weighted by molar-refractivity contribution is 9.10. The van der Waals surface area contributed by atoms with Crippen LogP contribution in [0.25, 0.3) is 0 Å². The monoisotopic (exact) mass is 360 g/mol. The summed E-state index contributed by atoms with van der Waals surface area (Å²) in [6, 6.07) is 2.20. The molecule has 1 aromatic rings. The second-order valence-corrected chi connectivity index (χ2v) is 8.01. The van der Waals surface area contributed by atoms with Gasteiger partial charge in [0.25, 0.3) is 0 Å². The van der Waals surface area contributed by atoms with Gasteiger partial charge in [-0.15, -0.1) is 11.3 Å². The topological polar surface area (TPSA) is 38.5 Å². The normalized spacial score (nSPS) is 30.9. The molecule has 2 atom stereocenters. The van der Waals surface area contributed by atoms with E-state index in [4.69, 9.17) is 10.5 Å². The number of likely N-dealkylation sites (N-methyl/N-ethyl adjacent to an activating group) is 1. The van der Waals surface area contributed by atoms with Crippen LogP contribution in [0.2, 0.25) is 0 Å². The molecule has 2 unspecified atom stereocenters. The molecule has 2 rings (SSSR count). The maximum atomic E-state index is 6.17. The van der Waals surface area contributed by atoms with Crippen molar-refractivity contribution < 1.29 is 4.74 Å². The molecule has 0 spiro atoms. The Bertz CT molecular complexity index is 453. The average molecular weight is 361 g/mol. The predicted molar refractivity (Wildman–Crippen MR) is 89.2 cm³/mol. The van der Waals surface area contributed by atoms with Crippen LogP contribution in [0.5, 0.6) is 0 Å². The fourth-order valence-corrected chi connectivity index (χ4v) is 4.55. The lowest BCUT2D eigenvalue weighted by atomic mass is 9.78. The Morgan fingerprint density at radius 3 is 2.85 bits per heavy atom. The first-order valence-corrected chi connectivity index (χ1v) is 8.88. The summed E-state index contributed by atoms with van der Waals surface area (Å²) < 4.78 is 7.15. The zero-order chi connectivity index (χ0) is 14.8. The van der Waals surface area contributed by atoms with Crippen molar-refractivity contribution in [3.05, 3.63) is 20.8 Å². The molecule has 1 aliphatic rings. The molecule has 1 saturated heterocycles. The van der Waals surface area contributed by atoms with Crippen molar-refractivity contribution >= 4 is 27.3 Å². The fraction of sp³-hybridized carbons (Fsp3) is 0.733. The van der Waals surface area contributed by atoms with Crippen LogP contribution in [0.4, 0.5) is 0 Å². The maximum Gasteiger partial charge on any atom is 0.0670 e. The number of hydrogen-bond acceptors (Lipinski definition) is 4. The predicted octanol–water partition coefficient (Wildman–Crippen LogP) is 3.62. The van der Waals surface area contributed by atoms with Crippen LogP contribution >= 0.6 is 27.3 Å². The Balaban J connectivity index is 2.13. The van der Waals surface area contributed by atoms with Gasteiger partial charge in [0.1, 0.15) is 0 Å². The molecule has 0 saturated carbocycles. The molecule has 1 aromatic heterocycles. The summed E-state index contributed by atoms with van der Waals surface area (Å²) in [5.41, 5.74) is 6.19. The molecule has 5 heteroatoms. The molecular formula is C15H25BrN2OS. The summed E-state index contributed by atoms with van der Waals surface area (Å²) in [6.07, 6.45) is 3.06. The third-order valence-corrected chi connectivity index (χ3v) is 6.36. The van der Waals surface area contributed by atoms with Gasteiger partial charge in [0.2, 0.25) is 0 Å². The fourth-order valence-electron chi connectivity index (χ4n) is 3.04. The first-order valence-electron chi connectivity index (χ1n) is 7.21. The molecule has 20 heavy (non-hydrogen) atoms. The molecule has 0 aromatic carbocycles. The van der Waals surface area contributed by atoms with Gasteiger partial charge < -0.3 is 10.5 Å². The molecule has 1 aliphatic heterocycles. The maximum absolute atomic E-state index is 6.17. The molecule has 0 radical (unpaired) electrons. The Morgan fingerprint density at radius 1 is 1.55 bits per heavy atom. The van der Waals surface area contributed by atoms with E-state index < -0.39 is 0 Å². The minimum Gasteiger partial charge on any atom is -0.375 e. The summed E-state index contributed by atoms with van der Waals surface area (Å²) in [6.45, 7) is 6.86. The standard InChI is InChI=1S/C15H25BrN2OS/c1-4-14(2)10-15(11-17,5-6-19-14)18(3)8-13-7-12(16)9-20-13/h7,9H,4-6,8,10-11,17H2,1-3H3. The summed E-state index contributed by atoms with van der Waals surface area (Å²) in [5, 5.41) is 2.14. The molecule has 114 valence electrons. The van der Waals surface area contributed by atoms with Crippen molar-refractivity contribution in [1.29, 1.82) is 0 Å². The number of thiophene rings is 1. The number of rotatable bonds is 5. The van der Waals surface area contributed by atoms with Crippen molar-refractivity contribution in [2.24, 2.45) is 5.73 Å². The second-order valence-electron chi connectivity index (χ2n) is 6.09. The minimum atomic E-state index is -0.0398. The lowest BCUT2D eigenvalue weighted by Gasteiger charge is -2.50. The van der Waals surface area contributed by atoms with Crippen molar-refractivity contribution in [3.63, 3.8) is 0 Å². The van der Waals surface area contributed by atoms with E-state index in [2.05, 4.69) is 53.2 Å². The van der Waals surface area contributed by atoms with Crippen molar-refractivity contribution in [2.75, 3.05) is 20.2 Å². The lowest BCUT2D eigenvalue weighted by molar-refractivity contribution is -0.126. The first kappa shape index (κ1) is 16.4. The third-order valence-electron chi connectivity index (χ3n) is 4.67. The highest BCUT2D eigenvalue weighted by atomic mass is 79.9. The first-order chi connectivity index (χ1) is 9.43. The summed E-state index contributed by atoms with van der Waals surface area (Å²) in [5.74, 6) is 0. The number of nitrogens with two attached hydrogens (primary N) is 1. The number of hydrogen-bond donors (Lipinski definition) is 1. The SMILES string of the molecule is CCC1(C)CC(CN)(N(C)Cc2cc(Br)cs2)CCO1. The largest absolute Gasteiger partial charge is 0.375 e. The Morgan fingerprint density at radius 2 is 2.30 bits per heavy atom. The Labute approximate surface area is 134 Å². The molecule has 0 bridgehead atoms. The van der Waals surface area contributed by atoms with Gasteiger partial charge in [-0.2, -0.15) is 0 Å². The van der Waals surface area contributed by atoms with E-state index in [1.165, 1.54) is 4.88 Å². The smallest absolute Gasteiger partial charge is 0.0670 e. The molecule has 1 fully saturated rings. The van der Waals surface area contributed by atoms with Crippen molar-refractivity contribution in [3.8, 4) is 0 Å². The summed E-state index contributed by atoms with van der Waals surface area (Å²) in [7, 11) is 2.20. The zero-order valence-corrected chi connectivity index (χ0v) is 15.0. The van der Waals surface area contributed by atoms with E-state index in [0.717, 1.165) is 36.9 Å². The number of halogens is 1.